The highest BCUT2D eigenvalue weighted by Gasteiger charge is 2.15. The largest absolute Gasteiger partial charge is 0.380 e. The Hall–Kier alpha value is -0.200. The molecule has 0 aromatic rings. The van der Waals surface area contributed by atoms with Crippen molar-refractivity contribution in [2.24, 2.45) is 5.73 Å². The molecule has 0 saturated carbocycles. The number of nitrogens with zero attached hydrogens (tertiary/aromatic N) is 2. The highest BCUT2D eigenvalue weighted by Crippen LogP contribution is 2.01. The summed E-state index contributed by atoms with van der Waals surface area (Å²) in [5.74, 6) is 0. The van der Waals surface area contributed by atoms with E-state index in [2.05, 4.69) is 9.80 Å². The Morgan fingerprint density at radius 3 is 1.88 bits per heavy atom. The van der Waals surface area contributed by atoms with Crippen LogP contribution in [0.25, 0.3) is 0 Å². The van der Waals surface area contributed by atoms with E-state index in [1.807, 2.05) is 6.92 Å². The molecule has 1 rings (SSSR count). The first-order valence-corrected chi connectivity index (χ1v) is 6.67. The molecule has 5 heteroatoms. The van der Waals surface area contributed by atoms with Crippen molar-refractivity contribution in [3.8, 4) is 0 Å². The predicted molar refractivity (Wildman–Crippen MR) is 69.2 cm³/mol. The number of nitrogens with two attached hydrogens (primary N) is 1. The Labute approximate surface area is 105 Å². The molecule has 0 radical (unpaired) electrons. The fourth-order valence-corrected chi connectivity index (χ4v) is 1.95. The second-order valence-electron chi connectivity index (χ2n) is 4.28. The van der Waals surface area contributed by atoms with Crippen LogP contribution in [0, 0.1) is 0 Å². The van der Waals surface area contributed by atoms with Crippen LogP contribution in [0.4, 0.5) is 0 Å². The van der Waals surface area contributed by atoms with E-state index in [1.165, 1.54) is 0 Å². The highest BCUT2D eigenvalue weighted by molar-refractivity contribution is 4.71. The average Bonchev–Trinajstić information content (AvgIpc) is 2.37. The van der Waals surface area contributed by atoms with Crippen LogP contribution in [0.5, 0.6) is 0 Å². The molecule has 0 aromatic heterocycles. The monoisotopic (exact) mass is 245 g/mol. The SMILES string of the molecule is CCOCCN1CCN(CCOCCN)CC1. The first kappa shape index (κ1) is 14.9. The van der Waals surface area contributed by atoms with E-state index in [4.69, 9.17) is 15.2 Å². The van der Waals surface area contributed by atoms with Crippen molar-refractivity contribution >= 4 is 0 Å². The maximum Gasteiger partial charge on any atom is 0.0594 e. The Morgan fingerprint density at radius 1 is 0.882 bits per heavy atom. The van der Waals surface area contributed by atoms with Crippen molar-refractivity contribution in [3.63, 3.8) is 0 Å². The zero-order valence-corrected chi connectivity index (χ0v) is 11.1. The number of rotatable bonds is 9. The van der Waals surface area contributed by atoms with Gasteiger partial charge in [0, 0.05) is 52.4 Å². The van der Waals surface area contributed by atoms with Gasteiger partial charge in [0.1, 0.15) is 0 Å². The van der Waals surface area contributed by atoms with Crippen LogP contribution in [0.15, 0.2) is 0 Å². The van der Waals surface area contributed by atoms with E-state index >= 15 is 0 Å². The third-order valence-corrected chi connectivity index (χ3v) is 3.03. The second kappa shape index (κ2) is 9.79. The quantitative estimate of drug-likeness (QED) is 0.561. The molecule has 0 unspecified atom stereocenters. The van der Waals surface area contributed by atoms with Crippen LogP contribution in [0.1, 0.15) is 6.92 Å². The fourth-order valence-electron chi connectivity index (χ4n) is 1.95. The fraction of sp³-hybridized carbons (Fsp3) is 1.00. The van der Waals surface area contributed by atoms with Gasteiger partial charge in [-0.25, -0.2) is 0 Å². The number of ether oxygens (including phenoxy) is 2. The molecule has 102 valence electrons. The molecule has 0 spiro atoms. The molecular weight excluding hydrogens is 218 g/mol. The zero-order chi connectivity index (χ0) is 12.3. The first-order valence-electron chi connectivity index (χ1n) is 6.67. The van der Waals surface area contributed by atoms with Gasteiger partial charge in [-0.05, 0) is 6.92 Å². The van der Waals surface area contributed by atoms with Crippen molar-refractivity contribution in [1.29, 1.82) is 0 Å². The van der Waals surface area contributed by atoms with Gasteiger partial charge < -0.3 is 15.2 Å². The molecule has 17 heavy (non-hydrogen) atoms. The molecule has 1 fully saturated rings. The summed E-state index contributed by atoms with van der Waals surface area (Å²) in [7, 11) is 0. The molecule has 1 saturated heterocycles. The van der Waals surface area contributed by atoms with E-state index < -0.39 is 0 Å². The summed E-state index contributed by atoms with van der Waals surface area (Å²) in [6.45, 7) is 12.5. The lowest BCUT2D eigenvalue weighted by Crippen LogP contribution is -2.48. The topological polar surface area (TPSA) is 51.0 Å². The molecule has 0 bridgehead atoms. The normalized spacial score (nSPS) is 18.7. The summed E-state index contributed by atoms with van der Waals surface area (Å²) >= 11 is 0. The van der Waals surface area contributed by atoms with Crippen molar-refractivity contribution in [2.45, 2.75) is 6.92 Å². The van der Waals surface area contributed by atoms with E-state index in [0.717, 1.165) is 59.1 Å². The third-order valence-electron chi connectivity index (χ3n) is 3.03. The summed E-state index contributed by atoms with van der Waals surface area (Å²) in [6, 6.07) is 0. The summed E-state index contributed by atoms with van der Waals surface area (Å²) in [4.78, 5) is 4.92. The average molecular weight is 245 g/mol. The van der Waals surface area contributed by atoms with Crippen molar-refractivity contribution in [2.75, 3.05) is 72.2 Å². The summed E-state index contributed by atoms with van der Waals surface area (Å²) in [5, 5.41) is 0. The molecular formula is C12H27N3O2. The smallest absolute Gasteiger partial charge is 0.0594 e. The lowest BCUT2D eigenvalue weighted by Gasteiger charge is -2.34. The van der Waals surface area contributed by atoms with Gasteiger partial charge in [-0.2, -0.15) is 0 Å². The summed E-state index contributed by atoms with van der Waals surface area (Å²) < 4.78 is 10.8. The Morgan fingerprint density at radius 2 is 1.41 bits per heavy atom. The van der Waals surface area contributed by atoms with Crippen molar-refractivity contribution < 1.29 is 9.47 Å². The van der Waals surface area contributed by atoms with E-state index in [1.54, 1.807) is 0 Å². The van der Waals surface area contributed by atoms with Gasteiger partial charge in [-0.1, -0.05) is 0 Å². The zero-order valence-electron chi connectivity index (χ0n) is 11.1. The van der Waals surface area contributed by atoms with Gasteiger partial charge in [0.05, 0.1) is 19.8 Å². The minimum Gasteiger partial charge on any atom is -0.380 e. The van der Waals surface area contributed by atoms with Gasteiger partial charge in [0.15, 0.2) is 0 Å². The van der Waals surface area contributed by atoms with Crippen LogP contribution >= 0.6 is 0 Å². The molecule has 1 aliphatic heterocycles. The number of hydrogen-bond acceptors (Lipinski definition) is 5. The first-order chi connectivity index (χ1) is 8.36. The summed E-state index contributed by atoms with van der Waals surface area (Å²) in [5.41, 5.74) is 5.37. The van der Waals surface area contributed by atoms with Gasteiger partial charge in [0.2, 0.25) is 0 Å². The van der Waals surface area contributed by atoms with Gasteiger partial charge in [0.25, 0.3) is 0 Å². The van der Waals surface area contributed by atoms with Gasteiger partial charge in [-0.15, -0.1) is 0 Å². The molecule has 5 nitrogen and oxygen atoms in total. The highest BCUT2D eigenvalue weighted by atomic mass is 16.5. The van der Waals surface area contributed by atoms with Crippen LogP contribution < -0.4 is 5.73 Å². The van der Waals surface area contributed by atoms with Crippen LogP contribution in [-0.2, 0) is 9.47 Å². The summed E-state index contributed by atoms with van der Waals surface area (Å²) in [6.07, 6.45) is 0. The second-order valence-corrected chi connectivity index (χ2v) is 4.28. The molecule has 0 aromatic carbocycles. The molecule has 0 aliphatic carbocycles. The number of piperazine rings is 1. The van der Waals surface area contributed by atoms with Crippen LogP contribution in [0.2, 0.25) is 0 Å². The third kappa shape index (κ3) is 6.95. The Bertz CT molecular complexity index is 173. The maximum absolute atomic E-state index is 5.39. The molecule has 2 N–H and O–H groups in total. The Balaban J connectivity index is 1.97. The minimum absolute atomic E-state index is 0.616. The molecule has 1 aliphatic rings. The van der Waals surface area contributed by atoms with Crippen molar-refractivity contribution in [3.05, 3.63) is 0 Å². The number of hydrogen-bond donors (Lipinski definition) is 1. The molecule has 1 heterocycles. The van der Waals surface area contributed by atoms with Gasteiger partial charge >= 0.3 is 0 Å². The van der Waals surface area contributed by atoms with Gasteiger partial charge in [-0.3, -0.25) is 9.80 Å². The molecule has 0 atom stereocenters. The van der Waals surface area contributed by atoms with Crippen molar-refractivity contribution in [1.82, 2.24) is 9.80 Å². The van der Waals surface area contributed by atoms with E-state index in [0.29, 0.717) is 13.2 Å². The lowest BCUT2D eigenvalue weighted by atomic mass is 10.3. The predicted octanol–water partition coefficient (Wildman–Crippen LogP) is -0.384. The van der Waals surface area contributed by atoms with Crippen LogP contribution in [-0.4, -0.2) is 82.0 Å². The van der Waals surface area contributed by atoms with E-state index in [-0.39, 0.29) is 0 Å². The molecule has 0 amide bonds. The lowest BCUT2D eigenvalue weighted by molar-refractivity contribution is 0.0608. The standard InChI is InChI=1S/C12H27N3O2/c1-2-16-11-8-14-4-6-15(7-5-14)9-12-17-10-3-13/h2-13H2,1H3. The Kier molecular flexibility index (Phi) is 8.56. The van der Waals surface area contributed by atoms with Crippen LogP contribution in [0.3, 0.4) is 0 Å². The van der Waals surface area contributed by atoms with E-state index in [9.17, 15) is 0 Å². The minimum atomic E-state index is 0.616. The maximum atomic E-state index is 5.39.